The molecule has 0 bridgehead atoms. The van der Waals surface area contributed by atoms with Gasteiger partial charge in [-0.05, 0) is 73.1 Å². The minimum atomic E-state index is 0.159. The summed E-state index contributed by atoms with van der Waals surface area (Å²) in [5, 5.41) is 1.42. The maximum absolute atomic E-state index is 11.9. The van der Waals surface area contributed by atoms with Crippen molar-refractivity contribution in [3.8, 4) is 0 Å². The first-order valence-electron chi connectivity index (χ1n) is 9.75. The van der Waals surface area contributed by atoms with Crippen molar-refractivity contribution in [3.05, 3.63) is 47.2 Å². The van der Waals surface area contributed by atoms with E-state index in [1.807, 2.05) is 6.08 Å². The molecule has 1 aromatic heterocycles. The summed E-state index contributed by atoms with van der Waals surface area (Å²) in [5.41, 5.74) is 5.67. The van der Waals surface area contributed by atoms with Gasteiger partial charge in [-0.2, -0.15) is 0 Å². The average molecular weight is 333 g/mol. The molecule has 4 aliphatic rings. The Hall–Kier alpha value is -1.87. The second-order valence-electron chi connectivity index (χ2n) is 8.39. The zero-order chi connectivity index (χ0) is 16.5. The summed E-state index contributed by atoms with van der Waals surface area (Å²) >= 11 is 0. The van der Waals surface area contributed by atoms with Crippen LogP contribution in [0.2, 0.25) is 0 Å². The highest BCUT2D eigenvalue weighted by molar-refractivity contribution is 5.92. The first-order chi connectivity index (χ1) is 12.3. The Morgan fingerprint density at radius 2 is 2.00 bits per heavy atom. The molecule has 5 unspecified atom stereocenters. The first-order valence-corrected chi connectivity index (χ1v) is 9.75. The number of ether oxygens (including phenoxy) is 1. The fourth-order valence-corrected chi connectivity index (χ4v) is 6.39. The fraction of sp³-hybridized carbons (Fsp3) is 0.500. The second-order valence-corrected chi connectivity index (χ2v) is 8.39. The molecule has 3 nitrogen and oxygen atoms in total. The molecule has 3 heteroatoms. The smallest absolute Gasteiger partial charge is 0.181 e. The van der Waals surface area contributed by atoms with Gasteiger partial charge in [0.05, 0.1) is 6.10 Å². The standard InChI is InChI=1S/C22H23NO2/c24-13-10-17-14-6-5-12-9-18-15-3-1-2-4-19(15)23-22(18)21(12)16(14)7-8-20(17)25-11-13/h1-4,10,12,14,16,20-21,23H,5-9,11H2. The van der Waals surface area contributed by atoms with E-state index in [0.717, 1.165) is 12.3 Å². The molecule has 2 fully saturated rings. The highest BCUT2D eigenvalue weighted by Crippen LogP contribution is 2.58. The van der Waals surface area contributed by atoms with Gasteiger partial charge in [-0.1, -0.05) is 18.2 Å². The lowest BCUT2D eigenvalue weighted by molar-refractivity contribution is -0.123. The quantitative estimate of drug-likeness (QED) is 0.787. The number of carbonyl (C=O) groups excluding carboxylic acids is 1. The van der Waals surface area contributed by atoms with Gasteiger partial charge in [0.1, 0.15) is 6.61 Å². The number of para-hydroxylation sites is 1. The SMILES string of the molecule is O=C1C=C2C(CCC3C2CCC2Cc4c([nH]c5ccccc45)C23)OC1. The van der Waals surface area contributed by atoms with Gasteiger partial charge in [-0.15, -0.1) is 0 Å². The van der Waals surface area contributed by atoms with Gasteiger partial charge in [0.2, 0.25) is 0 Å². The van der Waals surface area contributed by atoms with Gasteiger partial charge in [-0.25, -0.2) is 0 Å². The topological polar surface area (TPSA) is 42.1 Å². The van der Waals surface area contributed by atoms with Crippen molar-refractivity contribution < 1.29 is 9.53 Å². The van der Waals surface area contributed by atoms with Gasteiger partial charge in [0.15, 0.2) is 5.78 Å². The highest BCUT2D eigenvalue weighted by atomic mass is 16.5. The largest absolute Gasteiger partial charge is 0.366 e. The van der Waals surface area contributed by atoms with E-state index in [2.05, 4.69) is 29.2 Å². The Balaban J connectivity index is 1.44. The molecule has 0 radical (unpaired) electrons. The number of aromatic nitrogens is 1. The number of ketones is 1. The summed E-state index contributed by atoms with van der Waals surface area (Å²) in [6.07, 6.45) is 8.19. The molecular weight excluding hydrogens is 310 g/mol. The minimum Gasteiger partial charge on any atom is -0.366 e. The third-order valence-corrected chi connectivity index (χ3v) is 7.30. The molecular formula is C22H23NO2. The number of benzene rings is 1. The van der Waals surface area contributed by atoms with Crippen LogP contribution in [-0.2, 0) is 16.0 Å². The maximum Gasteiger partial charge on any atom is 0.181 e. The predicted molar refractivity (Wildman–Crippen MR) is 96.5 cm³/mol. The molecule has 3 aliphatic carbocycles. The number of hydrogen-bond donors (Lipinski definition) is 1. The summed E-state index contributed by atoms with van der Waals surface area (Å²) in [4.78, 5) is 15.7. The summed E-state index contributed by atoms with van der Waals surface area (Å²) in [5.74, 6) is 2.79. The minimum absolute atomic E-state index is 0.159. The van der Waals surface area contributed by atoms with Gasteiger partial charge in [-0.3, -0.25) is 4.79 Å². The van der Waals surface area contributed by atoms with Crippen LogP contribution in [0.5, 0.6) is 0 Å². The van der Waals surface area contributed by atoms with Crippen LogP contribution in [-0.4, -0.2) is 23.5 Å². The van der Waals surface area contributed by atoms with Crippen LogP contribution in [0.25, 0.3) is 10.9 Å². The lowest BCUT2D eigenvalue weighted by atomic mass is 9.59. The molecule has 6 rings (SSSR count). The van der Waals surface area contributed by atoms with Crippen LogP contribution in [0, 0.1) is 17.8 Å². The molecule has 5 atom stereocenters. The second kappa shape index (κ2) is 5.07. The predicted octanol–water partition coefficient (Wildman–Crippen LogP) is 4.14. The first kappa shape index (κ1) is 14.3. The van der Waals surface area contributed by atoms with Crippen molar-refractivity contribution in [2.24, 2.45) is 17.8 Å². The number of aromatic amines is 1. The zero-order valence-electron chi connectivity index (χ0n) is 14.3. The molecule has 2 saturated carbocycles. The van der Waals surface area contributed by atoms with Crippen molar-refractivity contribution in [2.75, 3.05) is 6.61 Å². The molecule has 0 saturated heterocycles. The molecule has 2 heterocycles. The number of rotatable bonds is 0. The molecule has 1 N–H and O–H groups in total. The monoisotopic (exact) mass is 333 g/mol. The van der Waals surface area contributed by atoms with E-state index in [-0.39, 0.29) is 18.5 Å². The van der Waals surface area contributed by atoms with E-state index in [9.17, 15) is 4.79 Å². The lowest BCUT2D eigenvalue weighted by Crippen LogP contribution is -2.42. The Labute approximate surface area is 147 Å². The molecule has 0 amide bonds. The van der Waals surface area contributed by atoms with E-state index in [0.29, 0.717) is 17.8 Å². The van der Waals surface area contributed by atoms with Crippen LogP contribution < -0.4 is 0 Å². The summed E-state index contributed by atoms with van der Waals surface area (Å²) in [7, 11) is 0. The summed E-state index contributed by atoms with van der Waals surface area (Å²) in [6.45, 7) is 0.282. The summed E-state index contributed by atoms with van der Waals surface area (Å²) < 4.78 is 5.85. The Morgan fingerprint density at radius 3 is 2.96 bits per heavy atom. The fourth-order valence-electron chi connectivity index (χ4n) is 6.39. The van der Waals surface area contributed by atoms with Gasteiger partial charge >= 0.3 is 0 Å². The van der Waals surface area contributed by atoms with Gasteiger partial charge in [0.25, 0.3) is 0 Å². The van der Waals surface area contributed by atoms with E-state index in [1.165, 1.54) is 47.9 Å². The van der Waals surface area contributed by atoms with Gasteiger partial charge in [0, 0.05) is 22.5 Å². The lowest BCUT2D eigenvalue weighted by Gasteiger charge is -2.47. The highest BCUT2D eigenvalue weighted by Gasteiger charge is 2.50. The number of nitrogens with one attached hydrogen (secondary N) is 1. The van der Waals surface area contributed by atoms with Crippen LogP contribution >= 0.6 is 0 Å². The van der Waals surface area contributed by atoms with Crippen LogP contribution in [0.15, 0.2) is 35.9 Å². The van der Waals surface area contributed by atoms with Crippen LogP contribution in [0.3, 0.4) is 0 Å². The normalized spacial score (nSPS) is 36.4. The van der Waals surface area contributed by atoms with E-state index in [4.69, 9.17) is 4.74 Å². The van der Waals surface area contributed by atoms with Gasteiger partial charge < -0.3 is 9.72 Å². The molecule has 2 aromatic rings. The van der Waals surface area contributed by atoms with E-state index >= 15 is 0 Å². The van der Waals surface area contributed by atoms with Crippen molar-refractivity contribution in [3.63, 3.8) is 0 Å². The van der Waals surface area contributed by atoms with Crippen molar-refractivity contribution in [1.29, 1.82) is 0 Å². The molecule has 128 valence electrons. The molecule has 25 heavy (non-hydrogen) atoms. The molecule has 1 aromatic carbocycles. The number of hydrogen-bond acceptors (Lipinski definition) is 2. The summed E-state index contributed by atoms with van der Waals surface area (Å²) in [6, 6.07) is 8.75. The van der Waals surface area contributed by atoms with Crippen molar-refractivity contribution in [2.45, 2.75) is 44.1 Å². The number of H-pyrrole nitrogens is 1. The van der Waals surface area contributed by atoms with Crippen molar-refractivity contribution >= 4 is 16.7 Å². The van der Waals surface area contributed by atoms with E-state index < -0.39 is 0 Å². The Kier molecular flexibility index (Phi) is 2.91. The number of fused-ring (bicyclic) bond motifs is 9. The average Bonchev–Trinajstić information content (AvgIpc) is 3.17. The zero-order valence-corrected chi connectivity index (χ0v) is 14.3. The van der Waals surface area contributed by atoms with Crippen molar-refractivity contribution in [1.82, 2.24) is 4.98 Å². The van der Waals surface area contributed by atoms with Crippen LogP contribution in [0.1, 0.15) is 42.9 Å². The third-order valence-electron chi connectivity index (χ3n) is 7.30. The third kappa shape index (κ3) is 1.93. The number of carbonyl (C=O) groups is 1. The Bertz CT molecular complexity index is 908. The molecule has 1 aliphatic heterocycles. The Morgan fingerprint density at radius 1 is 1.08 bits per heavy atom. The van der Waals surface area contributed by atoms with E-state index in [1.54, 1.807) is 5.56 Å². The van der Waals surface area contributed by atoms with Crippen LogP contribution in [0.4, 0.5) is 0 Å². The maximum atomic E-state index is 11.9. The molecule has 0 spiro atoms.